The van der Waals surface area contributed by atoms with Crippen LogP contribution in [-0.4, -0.2) is 21.5 Å². The Kier molecular flexibility index (Phi) is 4.17. The Hall–Kier alpha value is 0.150. The Morgan fingerprint density at radius 1 is 1.50 bits per heavy atom. The molecule has 0 fully saturated rings. The average Bonchev–Trinajstić information content (AvgIpc) is 2.45. The lowest BCUT2D eigenvalue weighted by atomic mass is 10.7. The number of nitrogens with two attached hydrogens (primary N) is 1. The lowest BCUT2D eigenvalue weighted by molar-refractivity contribution is 0.584. The second-order valence-electron chi connectivity index (χ2n) is 2.37. The van der Waals surface area contributed by atoms with E-state index in [9.17, 15) is 8.42 Å². The van der Waals surface area contributed by atoms with Gasteiger partial charge in [0, 0.05) is 13.1 Å². The highest BCUT2D eigenvalue weighted by molar-refractivity contribution is 7.91. The average molecular weight is 275 g/mol. The van der Waals surface area contributed by atoms with Crippen molar-refractivity contribution in [1.29, 1.82) is 0 Å². The molecule has 0 aliphatic heterocycles. The molecule has 0 aliphatic rings. The molecule has 0 unspecified atom stereocenters. The third-order valence-electron chi connectivity index (χ3n) is 1.32. The molecule has 0 bridgehead atoms. The van der Waals surface area contributed by atoms with E-state index in [1.165, 1.54) is 6.07 Å². The number of sulfonamides is 1. The Bertz CT molecular complexity index is 396. The van der Waals surface area contributed by atoms with Gasteiger partial charge in [0.25, 0.3) is 0 Å². The quantitative estimate of drug-likeness (QED) is 0.869. The lowest BCUT2D eigenvalue weighted by Gasteiger charge is -2.01. The third kappa shape index (κ3) is 2.82. The van der Waals surface area contributed by atoms with Crippen molar-refractivity contribution >= 4 is 44.6 Å². The zero-order valence-electron chi connectivity index (χ0n) is 6.96. The molecule has 1 aromatic heterocycles. The number of nitrogens with one attached hydrogen (secondary N) is 1. The fourth-order valence-electron chi connectivity index (χ4n) is 0.724. The summed E-state index contributed by atoms with van der Waals surface area (Å²) in [7, 11) is -3.50. The van der Waals surface area contributed by atoms with Crippen molar-refractivity contribution in [2.75, 3.05) is 13.1 Å². The number of hydrogen-bond donors (Lipinski definition) is 2. The van der Waals surface area contributed by atoms with Crippen molar-refractivity contribution in [3.63, 3.8) is 0 Å². The normalized spacial score (nSPS) is 11.9. The molecule has 0 aromatic carbocycles. The zero-order valence-corrected chi connectivity index (χ0v) is 10.1. The van der Waals surface area contributed by atoms with Gasteiger partial charge in [-0.2, -0.15) is 0 Å². The number of thiophene rings is 1. The third-order valence-corrected chi connectivity index (χ3v) is 5.12. The van der Waals surface area contributed by atoms with Crippen molar-refractivity contribution in [1.82, 2.24) is 4.72 Å². The SMILES string of the molecule is NCCNS(=O)(=O)c1cc(Cl)c(Cl)s1. The highest BCUT2D eigenvalue weighted by atomic mass is 35.5. The molecule has 3 N–H and O–H groups in total. The van der Waals surface area contributed by atoms with E-state index < -0.39 is 10.0 Å². The molecule has 0 atom stereocenters. The highest BCUT2D eigenvalue weighted by Crippen LogP contribution is 2.33. The first kappa shape index (κ1) is 12.2. The van der Waals surface area contributed by atoms with Gasteiger partial charge in [-0.25, -0.2) is 13.1 Å². The van der Waals surface area contributed by atoms with Crippen molar-refractivity contribution < 1.29 is 8.42 Å². The van der Waals surface area contributed by atoms with Crippen LogP contribution in [0.3, 0.4) is 0 Å². The molecule has 0 amide bonds. The summed E-state index contributed by atoms with van der Waals surface area (Å²) in [4.78, 5) is 0. The van der Waals surface area contributed by atoms with E-state index in [1.807, 2.05) is 0 Å². The molecule has 0 aliphatic carbocycles. The van der Waals surface area contributed by atoms with Crippen molar-refractivity contribution in [2.24, 2.45) is 5.73 Å². The Balaban J connectivity index is 2.93. The van der Waals surface area contributed by atoms with Gasteiger partial charge in [0.15, 0.2) is 0 Å². The van der Waals surface area contributed by atoms with Gasteiger partial charge in [-0.3, -0.25) is 0 Å². The minimum absolute atomic E-state index is 0.0981. The molecule has 1 rings (SSSR count). The van der Waals surface area contributed by atoms with Gasteiger partial charge in [-0.15, -0.1) is 11.3 Å². The van der Waals surface area contributed by atoms with Crippen LogP contribution in [-0.2, 0) is 10.0 Å². The van der Waals surface area contributed by atoms with Crippen LogP contribution in [0, 0.1) is 0 Å². The molecule has 1 aromatic rings. The van der Waals surface area contributed by atoms with E-state index in [0.717, 1.165) is 11.3 Å². The second kappa shape index (κ2) is 4.78. The predicted molar refractivity (Wildman–Crippen MR) is 58.6 cm³/mol. The molecule has 0 spiro atoms. The first-order chi connectivity index (χ1) is 6.47. The Morgan fingerprint density at radius 2 is 2.14 bits per heavy atom. The van der Waals surface area contributed by atoms with Crippen LogP contribution in [0.5, 0.6) is 0 Å². The van der Waals surface area contributed by atoms with Gasteiger partial charge in [0.05, 0.1) is 5.02 Å². The Morgan fingerprint density at radius 3 is 2.57 bits per heavy atom. The molecule has 4 nitrogen and oxygen atoms in total. The fraction of sp³-hybridized carbons (Fsp3) is 0.333. The van der Waals surface area contributed by atoms with Crippen LogP contribution in [0.25, 0.3) is 0 Å². The maximum atomic E-state index is 11.5. The van der Waals surface area contributed by atoms with Gasteiger partial charge in [0.2, 0.25) is 10.0 Å². The first-order valence-electron chi connectivity index (χ1n) is 3.62. The van der Waals surface area contributed by atoms with E-state index >= 15 is 0 Å². The molecule has 0 saturated carbocycles. The van der Waals surface area contributed by atoms with Gasteiger partial charge < -0.3 is 5.73 Å². The molecule has 1 heterocycles. The van der Waals surface area contributed by atoms with E-state index in [1.54, 1.807) is 0 Å². The number of rotatable bonds is 4. The van der Waals surface area contributed by atoms with Gasteiger partial charge in [0.1, 0.15) is 8.55 Å². The van der Waals surface area contributed by atoms with Gasteiger partial charge in [-0.05, 0) is 6.07 Å². The first-order valence-corrected chi connectivity index (χ1v) is 6.67. The van der Waals surface area contributed by atoms with Crippen molar-refractivity contribution in [3.05, 3.63) is 15.4 Å². The van der Waals surface area contributed by atoms with Crippen molar-refractivity contribution in [2.45, 2.75) is 4.21 Å². The van der Waals surface area contributed by atoms with Gasteiger partial charge in [-0.1, -0.05) is 23.2 Å². The monoisotopic (exact) mass is 274 g/mol. The van der Waals surface area contributed by atoms with Crippen LogP contribution < -0.4 is 10.5 Å². The fourth-order valence-corrected chi connectivity index (χ4v) is 3.70. The summed E-state index contributed by atoms with van der Waals surface area (Å²) < 4.78 is 25.6. The summed E-state index contributed by atoms with van der Waals surface area (Å²) >= 11 is 12.2. The molecule has 0 saturated heterocycles. The van der Waals surface area contributed by atoms with Crippen LogP contribution in [0.2, 0.25) is 9.36 Å². The smallest absolute Gasteiger partial charge is 0.250 e. The van der Waals surface area contributed by atoms with Crippen LogP contribution >= 0.6 is 34.5 Å². The highest BCUT2D eigenvalue weighted by Gasteiger charge is 2.18. The summed E-state index contributed by atoms with van der Waals surface area (Å²) in [6, 6.07) is 1.31. The van der Waals surface area contributed by atoms with Crippen LogP contribution in [0.4, 0.5) is 0 Å². The van der Waals surface area contributed by atoms with E-state index in [0.29, 0.717) is 0 Å². The topological polar surface area (TPSA) is 72.2 Å². The van der Waals surface area contributed by atoms with E-state index in [2.05, 4.69) is 4.72 Å². The summed E-state index contributed by atoms with van der Waals surface area (Å²) in [6.45, 7) is 0.432. The second-order valence-corrected chi connectivity index (χ2v) is 6.43. The van der Waals surface area contributed by atoms with Crippen molar-refractivity contribution in [3.8, 4) is 0 Å². The zero-order chi connectivity index (χ0) is 10.8. The van der Waals surface area contributed by atoms with Crippen LogP contribution in [0.15, 0.2) is 10.3 Å². The van der Waals surface area contributed by atoms with Gasteiger partial charge >= 0.3 is 0 Å². The molecular formula is C6H8Cl2N2O2S2. The summed E-state index contributed by atoms with van der Waals surface area (Å²) in [5, 5.41) is 0.241. The molecule has 8 heteroatoms. The maximum Gasteiger partial charge on any atom is 0.250 e. The minimum Gasteiger partial charge on any atom is -0.329 e. The number of halogens is 2. The predicted octanol–water partition coefficient (Wildman–Crippen LogP) is 1.29. The van der Waals surface area contributed by atoms with E-state index in [-0.39, 0.29) is 26.7 Å². The largest absolute Gasteiger partial charge is 0.329 e. The van der Waals surface area contributed by atoms with E-state index in [4.69, 9.17) is 28.9 Å². The summed E-state index contributed by atoms with van der Waals surface area (Å²) in [5.74, 6) is 0. The molecule has 0 radical (unpaired) electrons. The summed E-state index contributed by atoms with van der Waals surface area (Å²) in [6.07, 6.45) is 0. The molecule has 80 valence electrons. The minimum atomic E-state index is -3.50. The lowest BCUT2D eigenvalue weighted by Crippen LogP contribution is -2.28. The summed E-state index contributed by atoms with van der Waals surface area (Å²) in [5.41, 5.74) is 5.17. The molecular weight excluding hydrogens is 267 g/mol. The Labute approximate surface area is 96.1 Å². The standard InChI is InChI=1S/C6H8Cl2N2O2S2/c7-4-3-5(13-6(4)8)14(11,12)10-2-1-9/h3,10H,1-2,9H2. The number of hydrogen-bond acceptors (Lipinski definition) is 4. The molecule has 14 heavy (non-hydrogen) atoms. The maximum absolute atomic E-state index is 11.5. The van der Waals surface area contributed by atoms with Crippen LogP contribution in [0.1, 0.15) is 0 Å².